The van der Waals surface area contributed by atoms with Gasteiger partial charge in [-0.2, -0.15) is 0 Å². The number of nitrogens with one attached hydrogen (secondary N) is 2. The molecule has 0 unspecified atom stereocenters. The van der Waals surface area contributed by atoms with E-state index < -0.39 is 10.0 Å². The maximum atomic E-state index is 12.2. The highest BCUT2D eigenvalue weighted by atomic mass is 32.2. The third-order valence-electron chi connectivity index (χ3n) is 4.17. The van der Waals surface area contributed by atoms with Crippen LogP contribution in [-0.4, -0.2) is 26.7 Å². The monoisotopic (exact) mass is 359 g/mol. The van der Waals surface area contributed by atoms with E-state index in [4.69, 9.17) is 0 Å². The van der Waals surface area contributed by atoms with Crippen molar-refractivity contribution in [2.24, 2.45) is 0 Å². The Labute approximate surface area is 147 Å². The summed E-state index contributed by atoms with van der Waals surface area (Å²) in [5.41, 5.74) is 3.93. The molecule has 6 nitrogen and oxygen atoms in total. The molecule has 2 amide bonds. The summed E-state index contributed by atoms with van der Waals surface area (Å²) in [6.07, 6.45) is 0.685. The summed E-state index contributed by atoms with van der Waals surface area (Å²) in [6, 6.07) is 12.5. The summed E-state index contributed by atoms with van der Waals surface area (Å²) in [4.78, 5) is 12.2. The lowest BCUT2D eigenvalue weighted by molar-refractivity contribution is 0.262. The molecule has 0 radical (unpaired) electrons. The first-order valence-electron chi connectivity index (χ1n) is 8.17. The molecule has 0 saturated heterocycles. The number of aryl methyl sites for hydroxylation is 1. The molecule has 132 valence electrons. The first-order chi connectivity index (χ1) is 11.9. The molecule has 1 heterocycles. The Balaban J connectivity index is 1.76. The molecule has 25 heavy (non-hydrogen) atoms. The fourth-order valence-electron chi connectivity index (χ4n) is 2.89. The van der Waals surface area contributed by atoms with Crippen LogP contribution in [0.25, 0.3) is 0 Å². The first kappa shape index (κ1) is 17.3. The van der Waals surface area contributed by atoms with E-state index in [1.165, 1.54) is 4.31 Å². The maximum absolute atomic E-state index is 12.2. The number of hydrogen-bond donors (Lipinski definition) is 2. The number of urea groups is 1. The minimum Gasteiger partial charge on any atom is -0.308 e. The van der Waals surface area contributed by atoms with E-state index in [-0.39, 0.29) is 11.8 Å². The van der Waals surface area contributed by atoms with Crippen molar-refractivity contribution in [2.45, 2.75) is 20.3 Å². The Kier molecular flexibility index (Phi) is 4.67. The molecule has 0 fully saturated rings. The van der Waals surface area contributed by atoms with E-state index in [9.17, 15) is 13.2 Å². The molecule has 7 heteroatoms. The molecule has 1 aliphatic heterocycles. The Morgan fingerprint density at radius 2 is 1.84 bits per heavy atom. The molecule has 0 atom stereocenters. The number of sulfonamides is 1. The lowest BCUT2D eigenvalue weighted by Crippen LogP contribution is -2.30. The zero-order valence-electron chi connectivity index (χ0n) is 14.2. The van der Waals surface area contributed by atoms with Crippen molar-refractivity contribution in [3.8, 4) is 0 Å². The van der Waals surface area contributed by atoms with E-state index in [2.05, 4.69) is 10.6 Å². The van der Waals surface area contributed by atoms with E-state index in [0.717, 1.165) is 11.1 Å². The molecule has 1 aliphatic rings. The van der Waals surface area contributed by atoms with Gasteiger partial charge in [-0.3, -0.25) is 4.31 Å². The van der Waals surface area contributed by atoms with E-state index >= 15 is 0 Å². The van der Waals surface area contributed by atoms with Gasteiger partial charge < -0.3 is 10.6 Å². The molecule has 3 rings (SSSR count). The Hall–Kier alpha value is -2.54. The second-order valence-corrected chi connectivity index (χ2v) is 8.20. The summed E-state index contributed by atoms with van der Waals surface area (Å²) in [6.45, 7) is 4.03. The number of anilines is 3. The van der Waals surface area contributed by atoms with Gasteiger partial charge in [-0.25, -0.2) is 13.2 Å². The molecule has 2 N–H and O–H groups in total. The Bertz CT molecular complexity index is 910. The highest BCUT2D eigenvalue weighted by Crippen LogP contribution is 2.33. The molecular formula is C18H21N3O3S. The van der Waals surface area contributed by atoms with Gasteiger partial charge in [0.25, 0.3) is 0 Å². The molecule has 0 spiro atoms. The molecule has 2 aromatic carbocycles. The molecule has 0 aromatic heterocycles. The number of rotatable bonds is 4. The minimum atomic E-state index is -3.30. The van der Waals surface area contributed by atoms with Crippen molar-refractivity contribution in [1.29, 1.82) is 0 Å². The third kappa shape index (κ3) is 3.76. The number of carbonyl (C=O) groups is 1. The number of carbonyl (C=O) groups excluding carboxylic acids is 1. The second kappa shape index (κ2) is 6.76. The maximum Gasteiger partial charge on any atom is 0.323 e. The Morgan fingerprint density at radius 3 is 2.52 bits per heavy atom. The molecular weight excluding hydrogens is 338 g/mol. The van der Waals surface area contributed by atoms with Crippen molar-refractivity contribution < 1.29 is 13.2 Å². The summed E-state index contributed by atoms with van der Waals surface area (Å²) >= 11 is 0. The standard InChI is InChI=1S/C18H21N3O3S/c1-3-25(23,24)21-10-9-14-7-8-16(12-17(14)21)20-18(22)19-15-6-4-5-13(2)11-15/h4-8,11-12H,3,9-10H2,1-2H3,(H2,19,20,22). The van der Waals surface area contributed by atoms with Gasteiger partial charge in [-0.1, -0.05) is 18.2 Å². The van der Waals surface area contributed by atoms with Gasteiger partial charge in [-0.15, -0.1) is 0 Å². The van der Waals surface area contributed by atoms with Crippen molar-refractivity contribution in [1.82, 2.24) is 0 Å². The molecule has 0 bridgehead atoms. The van der Waals surface area contributed by atoms with Crippen molar-refractivity contribution in [3.63, 3.8) is 0 Å². The van der Waals surface area contributed by atoms with Gasteiger partial charge in [-0.05, 0) is 55.7 Å². The van der Waals surface area contributed by atoms with Gasteiger partial charge in [0.15, 0.2) is 0 Å². The molecule has 2 aromatic rings. The average molecular weight is 359 g/mol. The van der Waals surface area contributed by atoms with Gasteiger partial charge in [0.2, 0.25) is 10.0 Å². The van der Waals surface area contributed by atoms with Crippen LogP contribution in [0.1, 0.15) is 18.1 Å². The SMILES string of the molecule is CCS(=O)(=O)N1CCc2ccc(NC(=O)Nc3cccc(C)c3)cc21. The smallest absolute Gasteiger partial charge is 0.308 e. The summed E-state index contributed by atoms with van der Waals surface area (Å²) in [5.74, 6) is 0.0535. The normalized spacial score (nSPS) is 13.4. The van der Waals surface area contributed by atoms with Crippen LogP contribution in [0.15, 0.2) is 42.5 Å². The zero-order chi connectivity index (χ0) is 18.0. The van der Waals surface area contributed by atoms with Crippen LogP contribution in [0.3, 0.4) is 0 Å². The lowest BCUT2D eigenvalue weighted by atomic mass is 10.1. The highest BCUT2D eigenvalue weighted by Gasteiger charge is 2.28. The quantitative estimate of drug-likeness (QED) is 0.879. The van der Waals surface area contributed by atoms with E-state index in [1.54, 1.807) is 19.1 Å². The molecule has 0 saturated carbocycles. The zero-order valence-corrected chi connectivity index (χ0v) is 15.1. The Morgan fingerprint density at radius 1 is 1.12 bits per heavy atom. The van der Waals surface area contributed by atoms with Crippen LogP contribution in [0.5, 0.6) is 0 Å². The van der Waals surface area contributed by atoms with Gasteiger partial charge >= 0.3 is 6.03 Å². The van der Waals surface area contributed by atoms with Crippen LogP contribution in [0.4, 0.5) is 21.9 Å². The fourth-order valence-corrected chi connectivity index (χ4v) is 4.04. The lowest BCUT2D eigenvalue weighted by Gasteiger charge is -2.19. The largest absolute Gasteiger partial charge is 0.323 e. The number of nitrogens with zero attached hydrogens (tertiary/aromatic N) is 1. The van der Waals surface area contributed by atoms with Crippen molar-refractivity contribution in [3.05, 3.63) is 53.6 Å². The van der Waals surface area contributed by atoms with Gasteiger partial charge in [0.1, 0.15) is 0 Å². The number of amides is 2. The van der Waals surface area contributed by atoms with Crippen LogP contribution in [0.2, 0.25) is 0 Å². The number of hydrogen-bond acceptors (Lipinski definition) is 3. The summed E-state index contributed by atoms with van der Waals surface area (Å²) in [7, 11) is -3.30. The fraction of sp³-hybridized carbons (Fsp3) is 0.278. The van der Waals surface area contributed by atoms with Crippen LogP contribution < -0.4 is 14.9 Å². The van der Waals surface area contributed by atoms with Crippen molar-refractivity contribution >= 4 is 33.1 Å². The highest BCUT2D eigenvalue weighted by molar-refractivity contribution is 7.92. The number of fused-ring (bicyclic) bond motifs is 1. The first-order valence-corrected chi connectivity index (χ1v) is 9.78. The second-order valence-electron chi connectivity index (χ2n) is 6.01. The van der Waals surface area contributed by atoms with Crippen molar-refractivity contribution in [2.75, 3.05) is 27.2 Å². The van der Waals surface area contributed by atoms with Crippen LogP contribution in [-0.2, 0) is 16.4 Å². The third-order valence-corrected chi connectivity index (χ3v) is 5.95. The average Bonchev–Trinajstić information content (AvgIpc) is 2.98. The summed E-state index contributed by atoms with van der Waals surface area (Å²) < 4.78 is 25.8. The molecule has 0 aliphatic carbocycles. The van der Waals surface area contributed by atoms with Gasteiger partial charge in [0.05, 0.1) is 11.4 Å². The van der Waals surface area contributed by atoms with Gasteiger partial charge in [0, 0.05) is 17.9 Å². The predicted octanol–water partition coefficient (Wildman–Crippen LogP) is 3.35. The minimum absolute atomic E-state index is 0.0535. The number of benzene rings is 2. The van der Waals surface area contributed by atoms with Crippen LogP contribution >= 0.6 is 0 Å². The van der Waals surface area contributed by atoms with Crippen LogP contribution in [0, 0.1) is 6.92 Å². The summed E-state index contributed by atoms with van der Waals surface area (Å²) in [5, 5.41) is 5.53. The topological polar surface area (TPSA) is 78.5 Å². The van der Waals surface area contributed by atoms with E-state index in [0.29, 0.717) is 30.0 Å². The van der Waals surface area contributed by atoms with E-state index in [1.807, 2.05) is 37.3 Å². The predicted molar refractivity (Wildman–Crippen MR) is 101 cm³/mol.